The highest BCUT2D eigenvalue weighted by Gasteiger charge is 2.19. The monoisotopic (exact) mass is 217 g/mol. The maximum absolute atomic E-state index is 11.2. The average Bonchev–Trinajstić information content (AvgIpc) is 2.25. The highest BCUT2D eigenvalue weighted by Crippen LogP contribution is 2.17. The maximum Gasteiger partial charge on any atom is 0.240 e. The number of carbonyl (C=O) groups is 1. The Bertz CT molecular complexity index is 421. The smallest absolute Gasteiger partial charge is 0.240 e. The number of nitrogens with one attached hydrogen (secondary N) is 1. The van der Waals surface area contributed by atoms with Crippen molar-refractivity contribution in [1.82, 2.24) is 0 Å². The largest absolute Gasteiger partial charge is 0.372 e. The number of primary amides is 1. The minimum atomic E-state index is -0.463. The van der Waals surface area contributed by atoms with Crippen LogP contribution in [0.3, 0.4) is 0 Å². The number of amides is 1. The van der Waals surface area contributed by atoms with Crippen molar-refractivity contribution in [3.8, 4) is 6.07 Å². The van der Waals surface area contributed by atoms with Crippen LogP contribution >= 0.6 is 0 Å². The summed E-state index contributed by atoms with van der Waals surface area (Å²) in [5.41, 5.74) is 6.44. The van der Waals surface area contributed by atoms with Crippen LogP contribution in [0, 0.1) is 17.2 Å². The molecule has 1 rings (SSSR count). The number of nitrogens with two attached hydrogens (primary N) is 1. The topological polar surface area (TPSA) is 78.9 Å². The fraction of sp³-hybridized carbons (Fsp3) is 0.333. The van der Waals surface area contributed by atoms with Gasteiger partial charge in [0.15, 0.2) is 0 Å². The van der Waals surface area contributed by atoms with Gasteiger partial charge in [0.2, 0.25) is 5.91 Å². The molecule has 0 aliphatic carbocycles. The van der Waals surface area contributed by atoms with Crippen LogP contribution in [-0.4, -0.2) is 11.9 Å². The van der Waals surface area contributed by atoms with Crippen molar-refractivity contribution < 1.29 is 4.79 Å². The molecule has 0 spiro atoms. The predicted molar refractivity (Wildman–Crippen MR) is 62.6 cm³/mol. The number of benzene rings is 1. The molecule has 1 aromatic carbocycles. The first-order valence-corrected chi connectivity index (χ1v) is 5.11. The molecular formula is C12H15N3O. The van der Waals surface area contributed by atoms with Crippen LogP contribution < -0.4 is 11.1 Å². The Morgan fingerprint density at radius 3 is 2.56 bits per heavy atom. The highest BCUT2D eigenvalue weighted by atomic mass is 16.1. The number of anilines is 1. The van der Waals surface area contributed by atoms with Crippen molar-refractivity contribution >= 4 is 11.6 Å². The molecule has 1 unspecified atom stereocenters. The van der Waals surface area contributed by atoms with E-state index in [1.807, 2.05) is 19.9 Å². The fourth-order valence-corrected chi connectivity index (χ4v) is 1.44. The van der Waals surface area contributed by atoms with Crippen LogP contribution in [0.2, 0.25) is 0 Å². The number of hydrogen-bond donors (Lipinski definition) is 2. The molecule has 0 saturated heterocycles. The molecule has 1 amide bonds. The number of hydrogen-bond acceptors (Lipinski definition) is 3. The third kappa shape index (κ3) is 2.74. The van der Waals surface area contributed by atoms with Gasteiger partial charge in [-0.2, -0.15) is 5.26 Å². The third-order valence-corrected chi connectivity index (χ3v) is 2.33. The molecule has 3 N–H and O–H groups in total. The molecule has 0 fully saturated rings. The summed E-state index contributed by atoms with van der Waals surface area (Å²) < 4.78 is 0. The second-order valence-electron chi connectivity index (χ2n) is 3.93. The van der Waals surface area contributed by atoms with E-state index in [1.165, 1.54) is 0 Å². The zero-order chi connectivity index (χ0) is 12.1. The number of nitrogens with zero attached hydrogens (tertiary/aromatic N) is 1. The Morgan fingerprint density at radius 2 is 2.06 bits per heavy atom. The van der Waals surface area contributed by atoms with E-state index in [9.17, 15) is 4.79 Å². The SMILES string of the molecule is CC(C)C(Nc1ccccc1C#N)C(N)=O. The van der Waals surface area contributed by atoms with Gasteiger partial charge in [-0.15, -0.1) is 0 Å². The van der Waals surface area contributed by atoms with Gasteiger partial charge in [0.25, 0.3) is 0 Å². The van der Waals surface area contributed by atoms with E-state index in [-0.39, 0.29) is 5.92 Å². The lowest BCUT2D eigenvalue weighted by Crippen LogP contribution is -2.39. The molecule has 1 atom stereocenters. The van der Waals surface area contributed by atoms with E-state index in [2.05, 4.69) is 11.4 Å². The van der Waals surface area contributed by atoms with Gasteiger partial charge in [-0.25, -0.2) is 0 Å². The quantitative estimate of drug-likeness (QED) is 0.801. The van der Waals surface area contributed by atoms with Crippen LogP contribution in [0.5, 0.6) is 0 Å². The van der Waals surface area contributed by atoms with E-state index in [1.54, 1.807) is 18.2 Å². The second-order valence-corrected chi connectivity index (χ2v) is 3.93. The summed E-state index contributed by atoms with van der Waals surface area (Å²) in [7, 11) is 0. The summed E-state index contributed by atoms with van der Waals surface area (Å²) in [5.74, 6) is -0.341. The fourth-order valence-electron chi connectivity index (χ4n) is 1.44. The summed E-state index contributed by atoms with van der Waals surface area (Å²) >= 11 is 0. The van der Waals surface area contributed by atoms with Crippen molar-refractivity contribution in [2.75, 3.05) is 5.32 Å². The average molecular weight is 217 g/mol. The Kier molecular flexibility index (Phi) is 3.90. The maximum atomic E-state index is 11.2. The van der Waals surface area contributed by atoms with Crippen LogP contribution in [0.4, 0.5) is 5.69 Å². The number of carbonyl (C=O) groups excluding carboxylic acids is 1. The van der Waals surface area contributed by atoms with Gasteiger partial charge in [-0.05, 0) is 18.1 Å². The molecule has 0 aromatic heterocycles. The van der Waals surface area contributed by atoms with Gasteiger partial charge in [-0.3, -0.25) is 4.79 Å². The first-order valence-electron chi connectivity index (χ1n) is 5.11. The molecule has 4 heteroatoms. The van der Waals surface area contributed by atoms with Crippen LogP contribution in [0.15, 0.2) is 24.3 Å². The lowest BCUT2D eigenvalue weighted by molar-refractivity contribution is -0.119. The Hall–Kier alpha value is -2.02. The number of nitriles is 1. The van der Waals surface area contributed by atoms with E-state index in [4.69, 9.17) is 11.0 Å². The summed E-state index contributed by atoms with van der Waals surface area (Å²) in [6, 6.07) is 8.64. The van der Waals surface area contributed by atoms with Crippen LogP contribution in [-0.2, 0) is 4.79 Å². The minimum absolute atomic E-state index is 0.0734. The molecule has 16 heavy (non-hydrogen) atoms. The molecule has 0 aliphatic rings. The summed E-state index contributed by atoms with van der Waals surface area (Å²) in [6.07, 6.45) is 0. The van der Waals surface area contributed by atoms with E-state index in [0.717, 1.165) is 0 Å². The van der Waals surface area contributed by atoms with Crippen molar-refractivity contribution in [2.24, 2.45) is 11.7 Å². The lowest BCUT2D eigenvalue weighted by Gasteiger charge is -2.20. The minimum Gasteiger partial charge on any atom is -0.372 e. The zero-order valence-corrected chi connectivity index (χ0v) is 9.40. The summed E-state index contributed by atoms with van der Waals surface area (Å²) in [4.78, 5) is 11.2. The van der Waals surface area contributed by atoms with Crippen molar-refractivity contribution in [3.63, 3.8) is 0 Å². The van der Waals surface area contributed by atoms with Crippen LogP contribution in [0.25, 0.3) is 0 Å². The van der Waals surface area contributed by atoms with Gasteiger partial charge >= 0.3 is 0 Å². The second kappa shape index (κ2) is 5.17. The van der Waals surface area contributed by atoms with E-state index in [0.29, 0.717) is 11.3 Å². The normalized spacial score (nSPS) is 11.9. The van der Waals surface area contributed by atoms with Crippen molar-refractivity contribution in [2.45, 2.75) is 19.9 Å². The van der Waals surface area contributed by atoms with E-state index >= 15 is 0 Å². The Morgan fingerprint density at radius 1 is 1.44 bits per heavy atom. The van der Waals surface area contributed by atoms with E-state index < -0.39 is 11.9 Å². The number of rotatable bonds is 4. The molecule has 4 nitrogen and oxygen atoms in total. The summed E-state index contributed by atoms with van der Waals surface area (Å²) in [5, 5.41) is 11.9. The molecule has 0 heterocycles. The highest BCUT2D eigenvalue weighted by molar-refractivity contribution is 5.83. The Balaban J connectivity index is 2.94. The third-order valence-electron chi connectivity index (χ3n) is 2.33. The van der Waals surface area contributed by atoms with Gasteiger partial charge in [0.1, 0.15) is 12.1 Å². The zero-order valence-electron chi connectivity index (χ0n) is 9.40. The van der Waals surface area contributed by atoms with Crippen molar-refractivity contribution in [3.05, 3.63) is 29.8 Å². The van der Waals surface area contributed by atoms with Gasteiger partial charge in [-0.1, -0.05) is 26.0 Å². The molecule has 0 radical (unpaired) electrons. The van der Waals surface area contributed by atoms with Crippen molar-refractivity contribution in [1.29, 1.82) is 5.26 Å². The standard InChI is InChI=1S/C12H15N3O/c1-8(2)11(12(14)16)15-10-6-4-3-5-9(10)7-13/h3-6,8,11,15H,1-2H3,(H2,14,16). The van der Waals surface area contributed by atoms with Gasteiger partial charge in [0.05, 0.1) is 11.3 Å². The first-order chi connectivity index (χ1) is 7.56. The molecule has 0 bridgehead atoms. The lowest BCUT2D eigenvalue weighted by atomic mass is 10.0. The first kappa shape index (κ1) is 12.1. The Labute approximate surface area is 95.1 Å². The van der Waals surface area contributed by atoms with Gasteiger partial charge < -0.3 is 11.1 Å². The molecule has 0 aliphatic heterocycles. The summed E-state index contributed by atoms with van der Waals surface area (Å²) in [6.45, 7) is 3.80. The number of para-hydroxylation sites is 1. The molecule has 84 valence electrons. The molecule has 1 aromatic rings. The molecular weight excluding hydrogens is 202 g/mol. The molecule has 0 saturated carbocycles. The van der Waals surface area contributed by atoms with Crippen LogP contribution in [0.1, 0.15) is 19.4 Å². The predicted octanol–water partition coefficient (Wildman–Crippen LogP) is 1.48. The van der Waals surface area contributed by atoms with Gasteiger partial charge in [0, 0.05) is 0 Å².